The molecule has 0 saturated carbocycles. The van der Waals surface area contributed by atoms with Gasteiger partial charge in [-0.2, -0.15) is 4.68 Å². The molecular formula is C15H11BrClN5O. The SMILES string of the molecule is O=C(NCc1nnnn1-c1cccc(Br)c1)c1ccc(Cl)cc1. The lowest BCUT2D eigenvalue weighted by atomic mass is 10.2. The maximum absolute atomic E-state index is 12.1. The van der Waals surface area contributed by atoms with Crippen molar-refractivity contribution in [3.8, 4) is 5.69 Å². The van der Waals surface area contributed by atoms with Crippen LogP contribution in [0.4, 0.5) is 0 Å². The van der Waals surface area contributed by atoms with Crippen molar-refractivity contribution in [3.63, 3.8) is 0 Å². The molecular weight excluding hydrogens is 382 g/mol. The van der Waals surface area contributed by atoms with Gasteiger partial charge >= 0.3 is 0 Å². The van der Waals surface area contributed by atoms with Gasteiger partial charge in [0.2, 0.25) is 0 Å². The predicted octanol–water partition coefficient (Wildman–Crippen LogP) is 3.01. The van der Waals surface area contributed by atoms with Crippen molar-refractivity contribution in [1.82, 2.24) is 25.5 Å². The van der Waals surface area contributed by atoms with Crippen LogP contribution in [0.25, 0.3) is 5.69 Å². The van der Waals surface area contributed by atoms with E-state index in [1.165, 1.54) is 0 Å². The van der Waals surface area contributed by atoms with Gasteiger partial charge in [-0.25, -0.2) is 0 Å². The standard InChI is InChI=1S/C15H11BrClN5O/c16-11-2-1-3-13(8-11)22-14(19-20-21-22)9-18-15(23)10-4-6-12(17)7-5-10/h1-8H,9H2,(H,18,23). The average molecular weight is 393 g/mol. The van der Waals surface area contributed by atoms with Gasteiger partial charge in [-0.15, -0.1) is 5.10 Å². The summed E-state index contributed by atoms with van der Waals surface area (Å²) in [5.74, 6) is 0.316. The van der Waals surface area contributed by atoms with Gasteiger partial charge < -0.3 is 5.32 Å². The number of tetrazole rings is 1. The largest absolute Gasteiger partial charge is 0.345 e. The molecule has 1 aromatic heterocycles. The molecule has 116 valence electrons. The lowest BCUT2D eigenvalue weighted by Gasteiger charge is -2.07. The number of carbonyl (C=O) groups is 1. The third kappa shape index (κ3) is 3.75. The van der Waals surface area contributed by atoms with Crippen molar-refractivity contribution < 1.29 is 4.79 Å². The summed E-state index contributed by atoms with van der Waals surface area (Å²) in [5.41, 5.74) is 1.33. The number of benzene rings is 2. The maximum atomic E-state index is 12.1. The monoisotopic (exact) mass is 391 g/mol. The summed E-state index contributed by atoms with van der Waals surface area (Å²) >= 11 is 9.22. The fourth-order valence-electron chi connectivity index (χ4n) is 1.99. The number of rotatable bonds is 4. The Labute approximate surface area is 145 Å². The molecule has 8 heteroatoms. The molecule has 0 radical (unpaired) electrons. The lowest BCUT2D eigenvalue weighted by Crippen LogP contribution is -2.24. The molecule has 1 N–H and O–H groups in total. The van der Waals surface area contributed by atoms with Crippen LogP contribution in [0.1, 0.15) is 16.2 Å². The van der Waals surface area contributed by atoms with Gasteiger partial charge in [0.1, 0.15) is 0 Å². The Morgan fingerprint density at radius 3 is 2.74 bits per heavy atom. The second-order valence-corrected chi connectivity index (χ2v) is 6.03. The normalized spacial score (nSPS) is 10.5. The molecule has 0 aliphatic rings. The molecule has 0 spiro atoms. The molecule has 0 atom stereocenters. The number of aromatic nitrogens is 4. The van der Waals surface area contributed by atoms with Crippen LogP contribution in [0, 0.1) is 0 Å². The number of carbonyl (C=O) groups excluding carboxylic acids is 1. The van der Waals surface area contributed by atoms with E-state index in [-0.39, 0.29) is 12.5 Å². The highest BCUT2D eigenvalue weighted by atomic mass is 79.9. The molecule has 0 unspecified atom stereocenters. The molecule has 2 aromatic carbocycles. The van der Waals surface area contributed by atoms with Gasteiger partial charge in [-0.3, -0.25) is 4.79 Å². The number of nitrogens with zero attached hydrogens (tertiary/aromatic N) is 4. The van der Waals surface area contributed by atoms with Crippen LogP contribution in [-0.4, -0.2) is 26.1 Å². The van der Waals surface area contributed by atoms with Crippen LogP contribution in [0.5, 0.6) is 0 Å². The minimum Gasteiger partial charge on any atom is -0.345 e. The Morgan fingerprint density at radius 1 is 1.22 bits per heavy atom. The van der Waals surface area contributed by atoms with Crippen LogP contribution >= 0.6 is 27.5 Å². The van der Waals surface area contributed by atoms with Gasteiger partial charge in [-0.1, -0.05) is 33.6 Å². The summed E-state index contributed by atoms with van der Waals surface area (Å²) in [6.45, 7) is 0.209. The summed E-state index contributed by atoms with van der Waals surface area (Å²) in [6, 6.07) is 14.2. The molecule has 23 heavy (non-hydrogen) atoms. The van der Waals surface area contributed by atoms with Gasteiger partial charge in [0.15, 0.2) is 5.82 Å². The van der Waals surface area contributed by atoms with Crippen LogP contribution in [-0.2, 0) is 6.54 Å². The average Bonchev–Trinajstić information content (AvgIpc) is 3.02. The Morgan fingerprint density at radius 2 is 2.00 bits per heavy atom. The van der Waals surface area contributed by atoms with E-state index in [4.69, 9.17) is 11.6 Å². The number of halogens is 2. The van der Waals surface area contributed by atoms with E-state index < -0.39 is 0 Å². The van der Waals surface area contributed by atoms with Crippen molar-refractivity contribution >= 4 is 33.4 Å². The maximum Gasteiger partial charge on any atom is 0.251 e. The van der Waals surface area contributed by atoms with Crippen molar-refractivity contribution in [2.24, 2.45) is 0 Å². The third-order valence-corrected chi connectivity index (χ3v) is 3.85. The summed E-state index contributed by atoms with van der Waals surface area (Å²) in [6.07, 6.45) is 0. The fourth-order valence-corrected chi connectivity index (χ4v) is 2.50. The predicted molar refractivity (Wildman–Crippen MR) is 89.5 cm³/mol. The topological polar surface area (TPSA) is 72.7 Å². The lowest BCUT2D eigenvalue weighted by molar-refractivity contribution is 0.0949. The number of hydrogen-bond acceptors (Lipinski definition) is 4. The highest BCUT2D eigenvalue weighted by Gasteiger charge is 2.11. The van der Waals surface area contributed by atoms with E-state index in [2.05, 4.69) is 36.8 Å². The quantitative estimate of drug-likeness (QED) is 0.741. The van der Waals surface area contributed by atoms with Gasteiger partial charge in [0.25, 0.3) is 5.91 Å². The Kier molecular flexibility index (Phi) is 4.68. The molecule has 0 saturated heterocycles. The summed E-state index contributed by atoms with van der Waals surface area (Å²) < 4.78 is 2.49. The van der Waals surface area contributed by atoms with Crippen molar-refractivity contribution in [3.05, 3.63) is 69.4 Å². The fraction of sp³-hybridized carbons (Fsp3) is 0.0667. The van der Waals surface area contributed by atoms with E-state index in [0.717, 1.165) is 10.2 Å². The minimum atomic E-state index is -0.217. The number of hydrogen-bond donors (Lipinski definition) is 1. The molecule has 0 aliphatic carbocycles. The van der Waals surface area contributed by atoms with Crippen LogP contribution in [0.2, 0.25) is 5.02 Å². The highest BCUT2D eigenvalue weighted by Crippen LogP contribution is 2.15. The number of amides is 1. The zero-order chi connectivity index (χ0) is 16.2. The molecule has 0 aliphatic heterocycles. The first-order valence-electron chi connectivity index (χ1n) is 6.70. The van der Waals surface area contributed by atoms with E-state index in [0.29, 0.717) is 16.4 Å². The van der Waals surface area contributed by atoms with Crippen LogP contribution < -0.4 is 5.32 Å². The Balaban J connectivity index is 1.73. The summed E-state index contributed by atoms with van der Waals surface area (Å²) in [7, 11) is 0. The molecule has 3 aromatic rings. The van der Waals surface area contributed by atoms with E-state index in [9.17, 15) is 4.79 Å². The molecule has 6 nitrogen and oxygen atoms in total. The summed E-state index contributed by atoms with van der Waals surface area (Å²) in [5, 5.41) is 14.9. The third-order valence-electron chi connectivity index (χ3n) is 3.10. The zero-order valence-electron chi connectivity index (χ0n) is 11.8. The van der Waals surface area contributed by atoms with Gasteiger partial charge in [0.05, 0.1) is 12.2 Å². The first-order chi connectivity index (χ1) is 11.1. The first kappa shape index (κ1) is 15.6. The van der Waals surface area contributed by atoms with E-state index >= 15 is 0 Å². The molecule has 1 amide bonds. The molecule has 0 bridgehead atoms. The van der Waals surface area contributed by atoms with Gasteiger partial charge in [0, 0.05) is 15.1 Å². The number of nitrogens with one attached hydrogen (secondary N) is 1. The molecule has 3 rings (SSSR count). The summed E-state index contributed by atoms with van der Waals surface area (Å²) in [4.78, 5) is 12.1. The van der Waals surface area contributed by atoms with Crippen molar-refractivity contribution in [2.45, 2.75) is 6.54 Å². The second-order valence-electron chi connectivity index (χ2n) is 4.68. The van der Waals surface area contributed by atoms with E-state index in [1.807, 2.05) is 24.3 Å². The van der Waals surface area contributed by atoms with Crippen molar-refractivity contribution in [1.29, 1.82) is 0 Å². The smallest absolute Gasteiger partial charge is 0.251 e. The Hall–Kier alpha value is -2.25. The van der Waals surface area contributed by atoms with Crippen LogP contribution in [0.15, 0.2) is 53.0 Å². The minimum absolute atomic E-state index is 0.209. The van der Waals surface area contributed by atoms with E-state index in [1.54, 1.807) is 28.9 Å². The molecule has 0 fully saturated rings. The Bertz CT molecular complexity index is 834. The molecule has 1 heterocycles. The second kappa shape index (κ2) is 6.89. The van der Waals surface area contributed by atoms with Crippen molar-refractivity contribution in [2.75, 3.05) is 0 Å². The first-order valence-corrected chi connectivity index (χ1v) is 7.87. The zero-order valence-corrected chi connectivity index (χ0v) is 14.1. The van der Waals surface area contributed by atoms with Crippen LogP contribution in [0.3, 0.4) is 0 Å². The highest BCUT2D eigenvalue weighted by molar-refractivity contribution is 9.10. The van der Waals surface area contributed by atoms with Gasteiger partial charge in [-0.05, 0) is 52.9 Å².